The lowest BCUT2D eigenvalue weighted by molar-refractivity contribution is -0.516. The Morgan fingerprint density at radius 2 is 1.86 bits per heavy atom. The number of hydrogen-bond acceptors (Lipinski definition) is 5. The zero-order valence-corrected chi connectivity index (χ0v) is 10.7. The number of nitrogens with zero attached hydrogens (tertiary/aromatic N) is 2. The Hall–Kier alpha value is -2.97. The van der Waals surface area contributed by atoms with Crippen molar-refractivity contribution >= 4 is 16.9 Å². The Morgan fingerprint density at radius 3 is 2.38 bits per heavy atom. The SMILES string of the molecule is O=C(O)c1cccc2[nH]cc(C(C[N+](=O)[O-])C[N+](=O)[O-])c12. The number of rotatable bonds is 6. The van der Waals surface area contributed by atoms with Crippen LogP contribution in [0.25, 0.3) is 10.9 Å². The highest BCUT2D eigenvalue weighted by Crippen LogP contribution is 2.29. The van der Waals surface area contributed by atoms with Crippen molar-refractivity contribution in [2.24, 2.45) is 0 Å². The van der Waals surface area contributed by atoms with Crippen LogP contribution < -0.4 is 0 Å². The average molecular weight is 293 g/mol. The molecule has 0 aliphatic heterocycles. The van der Waals surface area contributed by atoms with Gasteiger partial charge in [-0.1, -0.05) is 6.07 Å². The number of benzene rings is 1. The van der Waals surface area contributed by atoms with Crippen molar-refractivity contribution in [3.8, 4) is 0 Å². The number of aromatic amines is 1. The fraction of sp³-hybridized carbons (Fsp3) is 0.250. The van der Waals surface area contributed by atoms with Crippen LogP contribution in [-0.4, -0.2) is 39.0 Å². The van der Waals surface area contributed by atoms with Gasteiger partial charge in [-0.25, -0.2) is 4.79 Å². The summed E-state index contributed by atoms with van der Waals surface area (Å²) in [5.41, 5.74) is 0.707. The van der Waals surface area contributed by atoms with Crippen LogP contribution in [0.15, 0.2) is 24.4 Å². The van der Waals surface area contributed by atoms with E-state index in [1.54, 1.807) is 6.07 Å². The summed E-state index contributed by atoms with van der Waals surface area (Å²) in [5, 5.41) is 30.9. The lowest BCUT2D eigenvalue weighted by atomic mass is 9.96. The van der Waals surface area contributed by atoms with Gasteiger partial charge in [-0.2, -0.15) is 0 Å². The van der Waals surface area contributed by atoms with Crippen molar-refractivity contribution in [3.05, 3.63) is 55.8 Å². The Labute approximate surface area is 117 Å². The molecule has 110 valence electrons. The maximum Gasteiger partial charge on any atom is 0.336 e. The van der Waals surface area contributed by atoms with Gasteiger partial charge in [0.15, 0.2) is 0 Å². The molecule has 9 heteroatoms. The Morgan fingerprint density at radius 1 is 1.24 bits per heavy atom. The van der Waals surface area contributed by atoms with Gasteiger partial charge in [-0.15, -0.1) is 0 Å². The zero-order valence-electron chi connectivity index (χ0n) is 10.7. The number of carboxylic acids is 1. The molecule has 0 aliphatic rings. The summed E-state index contributed by atoms with van der Waals surface area (Å²) in [6.07, 6.45) is 1.40. The van der Waals surface area contributed by atoms with Crippen LogP contribution in [-0.2, 0) is 0 Å². The fourth-order valence-corrected chi connectivity index (χ4v) is 2.33. The van der Waals surface area contributed by atoms with E-state index in [4.69, 9.17) is 0 Å². The predicted octanol–water partition coefficient (Wildman–Crippen LogP) is 1.50. The van der Waals surface area contributed by atoms with Crippen LogP contribution in [0.1, 0.15) is 21.8 Å². The number of carboxylic acid groups (broad SMARTS) is 1. The van der Waals surface area contributed by atoms with Gasteiger partial charge in [-0.05, 0) is 17.7 Å². The predicted molar refractivity (Wildman–Crippen MR) is 71.7 cm³/mol. The topological polar surface area (TPSA) is 139 Å². The van der Waals surface area contributed by atoms with E-state index in [0.717, 1.165) is 0 Å². The maximum absolute atomic E-state index is 11.3. The van der Waals surface area contributed by atoms with Crippen molar-refractivity contribution in [2.75, 3.05) is 13.1 Å². The summed E-state index contributed by atoms with van der Waals surface area (Å²) in [6, 6.07) is 4.50. The molecule has 2 aromatic rings. The van der Waals surface area contributed by atoms with Gasteiger partial charge in [0.25, 0.3) is 0 Å². The van der Waals surface area contributed by atoms with Crippen LogP contribution >= 0.6 is 0 Å². The van der Waals surface area contributed by atoms with E-state index in [1.807, 2.05) is 0 Å². The minimum Gasteiger partial charge on any atom is -0.478 e. The van der Waals surface area contributed by atoms with Crippen LogP contribution in [0.2, 0.25) is 0 Å². The lowest BCUT2D eigenvalue weighted by Gasteiger charge is -2.08. The molecule has 0 fully saturated rings. The van der Waals surface area contributed by atoms with E-state index < -0.39 is 34.8 Å². The Kier molecular flexibility index (Phi) is 3.83. The van der Waals surface area contributed by atoms with Gasteiger partial charge in [0.2, 0.25) is 13.1 Å². The third-order valence-corrected chi connectivity index (χ3v) is 3.15. The molecule has 0 atom stereocenters. The average Bonchev–Trinajstić information content (AvgIpc) is 2.80. The minimum absolute atomic E-state index is 0.0413. The third-order valence-electron chi connectivity index (χ3n) is 3.15. The van der Waals surface area contributed by atoms with E-state index in [-0.39, 0.29) is 16.5 Å². The largest absolute Gasteiger partial charge is 0.478 e. The third kappa shape index (κ3) is 2.96. The molecule has 1 aromatic heterocycles. The van der Waals surface area contributed by atoms with E-state index in [1.165, 1.54) is 18.3 Å². The number of hydrogen-bond donors (Lipinski definition) is 2. The maximum atomic E-state index is 11.3. The van der Waals surface area contributed by atoms with Crippen molar-refractivity contribution in [1.29, 1.82) is 0 Å². The molecule has 0 saturated heterocycles. The molecule has 21 heavy (non-hydrogen) atoms. The molecule has 0 aliphatic carbocycles. The van der Waals surface area contributed by atoms with E-state index in [0.29, 0.717) is 5.52 Å². The second kappa shape index (κ2) is 5.57. The van der Waals surface area contributed by atoms with Gasteiger partial charge in [0, 0.05) is 26.9 Å². The number of nitro groups is 2. The summed E-state index contributed by atoms with van der Waals surface area (Å²) in [5.74, 6) is -2.19. The van der Waals surface area contributed by atoms with Crippen molar-refractivity contribution < 1.29 is 19.7 Å². The summed E-state index contributed by atoms with van der Waals surface area (Å²) in [4.78, 5) is 34.2. The first-order chi connectivity index (χ1) is 9.90. The van der Waals surface area contributed by atoms with E-state index >= 15 is 0 Å². The minimum atomic E-state index is -1.19. The highest BCUT2D eigenvalue weighted by Gasteiger charge is 2.28. The molecule has 2 rings (SSSR count). The number of carbonyl (C=O) groups is 1. The van der Waals surface area contributed by atoms with Crippen LogP contribution in [0, 0.1) is 20.2 Å². The molecular weight excluding hydrogens is 282 g/mol. The molecule has 0 radical (unpaired) electrons. The molecule has 1 aromatic carbocycles. The molecule has 2 N–H and O–H groups in total. The van der Waals surface area contributed by atoms with Crippen molar-refractivity contribution in [1.82, 2.24) is 4.98 Å². The standard InChI is InChI=1S/C12H11N3O6/c16-12(17)8-2-1-3-10-11(8)9(4-13-10)7(5-14(18)19)6-15(20)21/h1-4,7,13H,5-6H2,(H,16,17). The first kappa shape index (κ1) is 14.4. The first-order valence-corrected chi connectivity index (χ1v) is 5.97. The summed E-state index contributed by atoms with van der Waals surface area (Å²) >= 11 is 0. The molecular formula is C12H11N3O6. The van der Waals surface area contributed by atoms with Crippen LogP contribution in [0.5, 0.6) is 0 Å². The molecule has 0 saturated carbocycles. The van der Waals surface area contributed by atoms with Crippen LogP contribution in [0.4, 0.5) is 0 Å². The molecule has 0 spiro atoms. The van der Waals surface area contributed by atoms with Gasteiger partial charge >= 0.3 is 5.97 Å². The quantitative estimate of drug-likeness (QED) is 0.611. The smallest absolute Gasteiger partial charge is 0.336 e. The number of aromatic nitrogens is 1. The number of nitrogens with one attached hydrogen (secondary N) is 1. The fourth-order valence-electron chi connectivity index (χ4n) is 2.33. The number of fused-ring (bicyclic) bond motifs is 1. The van der Waals surface area contributed by atoms with Gasteiger partial charge < -0.3 is 10.1 Å². The van der Waals surface area contributed by atoms with Gasteiger partial charge in [0.05, 0.1) is 5.56 Å². The normalized spacial score (nSPS) is 10.9. The monoisotopic (exact) mass is 293 g/mol. The highest BCUT2D eigenvalue weighted by atomic mass is 16.6. The molecule has 0 unspecified atom stereocenters. The highest BCUT2D eigenvalue weighted by molar-refractivity contribution is 6.04. The lowest BCUT2D eigenvalue weighted by Crippen LogP contribution is -2.20. The van der Waals surface area contributed by atoms with Crippen LogP contribution in [0.3, 0.4) is 0 Å². The van der Waals surface area contributed by atoms with Gasteiger partial charge in [0.1, 0.15) is 5.92 Å². The van der Waals surface area contributed by atoms with E-state index in [9.17, 15) is 30.1 Å². The summed E-state index contributed by atoms with van der Waals surface area (Å²) < 4.78 is 0. The number of aromatic carboxylic acids is 1. The first-order valence-electron chi connectivity index (χ1n) is 5.97. The molecule has 0 bridgehead atoms. The summed E-state index contributed by atoms with van der Waals surface area (Å²) in [7, 11) is 0. The molecule has 1 heterocycles. The second-order valence-electron chi connectivity index (χ2n) is 4.50. The second-order valence-corrected chi connectivity index (χ2v) is 4.50. The summed E-state index contributed by atoms with van der Waals surface area (Å²) in [6.45, 7) is -1.27. The van der Waals surface area contributed by atoms with Gasteiger partial charge in [-0.3, -0.25) is 20.2 Å². The Balaban J connectivity index is 2.59. The molecule has 9 nitrogen and oxygen atoms in total. The van der Waals surface area contributed by atoms with E-state index in [2.05, 4.69) is 4.98 Å². The zero-order chi connectivity index (χ0) is 15.6. The number of H-pyrrole nitrogens is 1. The molecule has 0 amide bonds. The Bertz CT molecular complexity index is 707. The van der Waals surface area contributed by atoms with Crippen molar-refractivity contribution in [3.63, 3.8) is 0 Å². The van der Waals surface area contributed by atoms with Crippen molar-refractivity contribution in [2.45, 2.75) is 5.92 Å².